The minimum Gasteiger partial charge on any atom is -0.444 e. The molecule has 1 aromatic rings. The van der Waals surface area contributed by atoms with Crippen LogP contribution in [-0.4, -0.2) is 69.0 Å². The first kappa shape index (κ1) is 18.6. The molecule has 144 valence electrons. The molecule has 1 aromatic heterocycles. The van der Waals surface area contributed by atoms with E-state index in [9.17, 15) is 9.59 Å². The van der Waals surface area contributed by atoms with E-state index in [0.717, 1.165) is 24.5 Å². The molecule has 0 radical (unpaired) electrons. The topological polar surface area (TPSA) is 89.8 Å². The molecule has 3 rings (SSSR count). The highest BCUT2D eigenvalue weighted by atomic mass is 16.6. The lowest BCUT2D eigenvalue weighted by Gasteiger charge is -2.31. The van der Waals surface area contributed by atoms with Crippen molar-refractivity contribution in [3.63, 3.8) is 0 Å². The lowest BCUT2D eigenvalue weighted by molar-refractivity contribution is -0.136. The number of methoxy groups -OCH3 is 1. The van der Waals surface area contributed by atoms with Crippen LogP contribution >= 0.6 is 0 Å². The number of fused-ring (bicyclic) bond motifs is 1. The Morgan fingerprint density at radius 2 is 1.96 bits per heavy atom. The SMILES string of the molecule is COCC(=O)N1CCCC1c1nnc2n1CCN(C(=O)OC(C)(C)C)C2. The normalized spacial score (nSPS) is 20.2. The maximum Gasteiger partial charge on any atom is 0.410 e. The number of likely N-dealkylation sites (tertiary alicyclic amines) is 1. The molecule has 1 atom stereocenters. The molecule has 26 heavy (non-hydrogen) atoms. The van der Waals surface area contributed by atoms with Crippen molar-refractivity contribution in [1.82, 2.24) is 24.6 Å². The molecule has 0 N–H and O–H groups in total. The van der Waals surface area contributed by atoms with Crippen LogP contribution in [0.5, 0.6) is 0 Å². The molecule has 1 unspecified atom stereocenters. The predicted molar refractivity (Wildman–Crippen MR) is 92.2 cm³/mol. The van der Waals surface area contributed by atoms with E-state index in [2.05, 4.69) is 10.2 Å². The first-order chi connectivity index (χ1) is 12.3. The molecule has 1 saturated heterocycles. The number of hydrogen-bond acceptors (Lipinski definition) is 6. The van der Waals surface area contributed by atoms with Crippen molar-refractivity contribution in [2.24, 2.45) is 0 Å². The molecule has 0 aliphatic carbocycles. The number of carbonyl (C=O) groups excluding carboxylic acids is 2. The summed E-state index contributed by atoms with van der Waals surface area (Å²) < 4.78 is 12.5. The smallest absolute Gasteiger partial charge is 0.410 e. The summed E-state index contributed by atoms with van der Waals surface area (Å²) in [7, 11) is 1.52. The maximum absolute atomic E-state index is 12.3. The van der Waals surface area contributed by atoms with Crippen LogP contribution in [0.2, 0.25) is 0 Å². The number of carbonyl (C=O) groups is 2. The van der Waals surface area contributed by atoms with Crippen LogP contribution in [0, 0.1) is 0 Å². The Bertz CT molecular complexity index is 681. The summed E-state index contributed by atoms with van der Waals surface area (Å²) in [6.45, 7) is 7.82. The first-order valence-electron chi connectivity index (χ1n) is 8.98. The molecule has 1 fully saturated rings. The standard InChI is InChI=1S/C17H27N5O4/c1-17(2,3)26-16(24)20-8-9-22-13(10-20)18-19-15(22)12-6-5-7-21(12)14(23)11-25-4/h12H,5-11H2,1-4H3. The summed E-state index contributed by atoms with van der Waals surface area (Å²) in [6, 6.07) is -0.0769. The average molecular weight is 365 g/mol. The Labute approximate surface area is 153 Å². The van der Waals surface area contributed by atoms with E-state index in [4.69, 9.17) is 9.47 Å². The number of hydrogen-bond donors (Lipinski definition) is 0. The number of rotatable bonds is 3. The van der Waals surface area contributed by atoms with Crippen molar-refractivity contribution in [2.75, 3.05) is 26.8 Å². The molecule has 0 bridgehead atoms. The van der Waals surface area contributed by atoms with E-state index in [-0.39, 0.29) is 24.6 Å². The second-order valence-corrected chi connectivity index (χ2v) is 7.71. The zero-order valence-corrected chi connectivity index (χ0v) is 15.9. The van der Waals surface area contributed by atoms with Gasteiger partial charge in [-0.25, -0.2) is 4.79 Å². The third-order valence-corrected chi connectivity index (χ3v) is 4.57. The fraction of sp³-hybridized carbons (Fsp3) is 0.765. The highest BCUT2D eigenvalue weighted by Crippen LogP contribution is 2.32. The van der Waals surface area contributed by atoms with Crippen molar-refractivity contribution in [2.45, 2.75) is 58.3 Å². The third-order valence-electron chi connectivity index (χ3n) is 4.57. The molecule has 2 aliphatic rings. The molecule has 9 heteroatoms. The molecule has 2 amide bonds. The van der Waals surface area contributed by atoms with Crippen molar-refractivity contribution >= 4 is 12.0 Å². The van der Waals surface area contributed by atoms with E-state index >= 15 is 0 Å². The molecular formula is C17H27N5O4. The van der Waals surface area contributed by atoms with Gasteiger partial charge in [-0.15, -0.1) is 10.2 Å². The van der Waals surface area contributed by atoms with Gasteiger partial charge in [0.2, 0.25) is 5.91 Å². The predicted octanol–water partition coefficient (Wildman–Crippen LogP) is 1.34. The summed E-state index contributed by atoms with van der Waals surface area (Å²) in [5.41, 5.74) is -0.528. The van der Waals surface area contributed by atoms with Gasteiger partial charge in [-0.05, 0) is 33.6 Å². The number of amides is 2. The van der Waals surface area contributed by atoms with Gasteiger partial charge in [-0.1, -0.05) is 0 Å². The van der Waals surface area contributed by atoms with Gasteiger partial charge in [0.15, 0.2) is 11.6 Å². The van der Waals surface area contributed by atoms with Crippen molar-refractivity contribution in [3.8, 4) is 0 Å². The minimum absolute atomic E-state index is 0.0291. The molecule has 0 spiro atoms. The Morgan fingerprint density at radius 3 is 2.65 bits per heavy atom. The summed E-state index contributed by atoms with van der Waals surface area (Å²) in [4.78, 5) is 28.0. The molecule has 0 saturated carbocycles. The number of aromatic nitrogens is 3. The fourth-order valence-corrected chi connectivity index (χ4v) is 3.45. The average Bonchev–Trinajstić information content (AvgIpc) is 3.19. The van der Waals surface area contributed by atoms with E-state index in [0.29, 0.717) is 26.2 Å². The highest BCUT2D eigenvalue weighted by molar-refractivity contribution is 5.78. The van der Waals surface area contributed by atoms with Crippen LogP contribution in [0.15, 0.2) is 0 Å². The van der Waals surface area contributed by atoms with Gasteiger partial charge in [0.05, 0.1) is 12.6 Å². The quantitative estimate of drug-likeness (QED) is 0.803. The van der Waals surface area contributed by atoms with Gasteiger partial charge >= 0.3 is 6.09 Å². The zero-order chi connectivity index (χ0) is 18.9. The monoisotopic (exact) mass is 365 g/mol. The summed E-state index contributed by atoms with van der Waals surface area (Å²) in [5, 5.41) is 8.60. The van der Waals surface area contributed by atoms with Gasteiger partial charge in [0.25, 0.3) is 0 Å². The number of nitrogens with zero attached hydrogens (tertiary/aromatic N) is 5. The molecule has 9 nitrogen and oxygen atoms in total. The van der Waals surface area contributed by atoms with E-state index < -0.39 is 5.60 Å². The van der Waals surface area contributed by atoms with E-state index in [1.54, 1.807) is 4.90 Å². The van der Waals surface area contributed by atoms with Gasteiger partial charge < -0.3 is 18.9 Å². The molecule has 2 aliphatic heterocycles. The Hall–Kier alpha value is -2.16. The third kappa shape index (κ3) is 3.82. The Morgan fingerprint density at radius 1 is 1.19 bits per heavy atom. The largest absolute Gasteiger partial charge is 0.444 e. The van der Waals surface area contributed by atoms with Crippen LogP contribution in [0.3, 0.4) is 0 Å². The van der Waals surface area contributed by atoms with Crippen LogP contribution in [-0.2, 0) is 27.4 Å². The Kier molecular flexibility index (Phi) is 5.17. The van der Waals surface area contributed by atoms with Crippen LogP contribution < -0.4 is 0 Å². The van der Waals surface area contributed by atoms with E-state index in [1.165, 1.54) is 7.11 Å². The molecular weight excluding hydrogens is 338 g/mol. The Balaban J connectivity index is 1.73. The van der Waals surface area contributed by atoms with Gasteiger partial charge in [-0.2, -0.15) is 0 Å². The molecule has 0 aromatic carbocycles. The molecule has 3 heterocycles. The zero-order valence-electron chi connectivity index (χ0n) is 15.9. The second kappa shape index (κ2) is 7.22. The van der Waals surface area contributed by atoms with Crippen LogP contribution in [0.4, 0.5) is 4.79 Å². The van der Waals surface area contributed by atoms with Crippen molar-refractivity contribution in [1.29, 1.82) is 0 Å². The van der Waals surface area contributed by atoms with Gasteiger partial charge in [0.1, 0.15) is 12.2 Å². The van der Waals surface area contributed by atoms with Gasteiger partial charge in [-0.3, -0.25) is 9.69 Å². The maximum atomic E-state index is 12.3. The lowest BCUT2D eigenvalue weighted by Crippen LogP contribution is -2.42. The fourth-order valence-electron chi connectivity index (χ4n) is 3.45. The van der Waals surface area contributed by atoms with Gasteiger partial charge in [0, 0.05) is 26.7 Å². The number of ether oxygens (including phenoxy) is 2. The van der Waals surface area contributed by atoms with Crippen molar-refractivity contribution in [3.05, 3.63) is 11.6 Å². The van der Waals surface area contributed by atoms with Crippen LogP contribution in [0.1, 0.15) is 51.3 Å². The summed E-state index contributed by atoms with van der Waals surface area (Å²) in [6.07, 6.45) is 1.46. The minimum atomic E-state index is -0.528. The highest BCUT2D eigenvalue weighted by Gasteiger charge is 2.36. The second-order valence-electron chi connectivity index (χ2n) is 7.71. The van der Waals surface area contributed by atoms with Crippen LogP contribution in [0.25, 0.3) is 0 Å². The summed E-state index contributed by atoms with van der Waals surface area (Å²) in [5.74, 6) is 1.49. The summed E-state index contributed by atoms with van der Waals surface area (Å²) >= 11 is 0. The van der Waals surface area contributed by atoms with E-state index in [1.807, 2.05) is 30.2 Å². The van der Waals surface area contributed by atoms with Crippen molar-refractivity contribution < 1.29 is 19.1 Å². The lowest BCUT2D eigenvalue weighted by atomic mass is 10.2. The first-order valence-corrected chi connectivity index (χ1v) is 8.98.